The van der Waals surface area contributed by atoms with Gasteiger partial charge < -0.3 is 9.40 Å². The molecule has 0 aromatic carbocycles. The number of aliphatic imine (C=N–C) groups is 1. The summed E-state index contributed by atoms with van der Waals surface area (Å²) in [6.45, 7) is 3.46. The van der Waals surface area contributed by atoms with Crippen LogP contribution >= 0.6 is 0 Å². The lowest BCUT2D eigenvalue weighted by molar-refractivity contribution is -0.141. The van der Waals surface area contributed by atoms with E-state index in [9.17, 15) is 18.0 Å². The molecule has 1 fully saturated rings. The lowest BCUT2D eigenvalue weighted by Gasteiger charge is -2.32. The first-order valence-corrected chi connectivity index (χ1v) is 10.9. The third kappa shape index (κ3) is 4.00. The number of pyridine rings is 1. The zero-order valence-corrected chi connectivity index (χ0v) is 19.0. The largest absolute Gasteiger partial charge is 0.433 e. The number of aryl methyl sites for hydroxylation is 1. The van der Waals surface area contributed by atoms with Crippen LogP contribution in [-0.4, -0.2) is 48.2 Å². The summed E-state index contributed by atoms with van der Waals surface area (Å²) in [6, 6.07) is 1.71. The van der Waals surface area contributed by atoms with Gasteiger partial charge in [-0.15, -0.1) is 10.2 Å². The number of halogens is 3. The summed E-state index contributed by atoms with van der Waals surface area (Å²) >= 11 is 0. The highest BCUT2D eigenvalue weighted by Gasteiger charge is 2.39. The van der Waals surface area contributed by atoms with Gasteiger partial charge in [0.1, 0.15) is 22.6 Å². The van der Waals surface area contributed by atoms with Gasteiger partial charge in [0.2, 0.25) is 11.8 Å². The van der Waals surface area contributed by atoms with E-state index in [0.717, 1.165) is 25.1 Å². The third-order valence-corrected chi connectivity index (χ3v) is 6.27. The lowest BCUT2D eigenvalue weighted by Crippen LogP contribution is -2.27. The highest BCUT2D eigenvalue weighted by atomic mass is 19.4. The Labute approximate surface area is 196 Å². The molecule has 1 aliphatic rings. The molecular formula is C22H21F3N8O2. The van der Waals surface area contributed by atoms with Crippen LogP contribution in [0.15, 0.2) is 32.5 Å². The van der Waals surface area contributed by atoms with Gasteiger partial charge in [-0.2, -0.15) is 18.3 Å². The first kappa shape index (κ1) is 22.9. The topological polar surface area (TPSA) is 128 Å². The fraction of sp³-hybridized carbons (Fsp3) is 0.409. The molecule has 1 saturated carbocycles. The average Bonchev–Trinajstić information content (AvgIpc) is 3.36. The van der Waals surface area contributed by atoms with E-state index in [4.69, 9.17) is 9.40 Å². The first-order chi connectivity index (χ1) is 16.7. The Bertz CT molecular complexity index is 1470. The molecule has 0 saturated heterocycles. The molecule has 0 spiro atoms. The van der Waals surface area contributed by atoms with Crippen LogP contribution in [-0.2, 0) is 6.18 Å². The molecule has 5 rings (SSSR count). The summed E-state index contributed by atoms with van der Waals surface area (Å²) in [4.78, 5) is 28.2. The van der Waals surface area contributed by atoms with Gasteiger partial charge in [-0.05, 0) is 31.4 Å². The van der Waals surface area contributed by atoms with Gasteiger partial charge in [0.25, 0.3) is 5.56 Å². The molecule has 10 nitrogen and oxygen atoms in total. The highest BCUT2D eigenvalue weighted by Crippen LogP contribution is 2.47. The van der Waals surface area contributed by atoms with Crippen molar-refractivity contribution >= 4 is 17.2 Å². The number of aromatic amines is 1. The summed E-state index contributed by atoms with van der Waals surface area (Å²) in [5.74, 6) is 1.23. The molecule has 3 unspecified atom stereocenters. The Morgan fingerprint density at radius 1 is 1.26 bits per heavy atom. The molecule has 35 heavy (non-hydrogen) atoms. The van der Waals surface area contributed by atoms with Crippen LogP contribution in [0.5, 0.6) is 0 Å². The third-order valence-electron chi connectivity index (χ3n) is 6.27. The molecule has 4 aromatic rings. The number of alkyl halides is 3. The Hall–Kier alpha value is -3.90. The van der Waals surface area contributed by atoms with Crippen LogP contribution < -0.4 is 5.56 Å². The van der Waals surface area contributed by atoms with Crippen molar-refractivity contribution in [1.29, 1.82) is 0 Å². The predicted molar refractivity (Wildman–Crippen MR) is 118 cm³/mol. The minimum atomic E-state index is -4.54. The molecule has 1 N–H and O–H groups in total. The fourth-order valence-electron chi connectivity index (χ4n) is 4.29. The van der Waals surface area contributed by atoms with Crippen molar-refractivity contribution in [2.75, 3.05) is 7.05 Å². The number of nitrogens with zero attached hydrogens (tertiary/aromatic N) is 7. The molecule has 0 bridgehead atoms. The molecule has 4 heterocycles. The van der Waals surface area contributed by atoms with Crippen LogP contribution in [0.25, 0.3) is 11.0 Å². The first-order valence-electron chi connectivity index (χ1n) is 10.9. The van der Waals surface area contributed by atoms with E-state index < -0.39 is 17.9 Å². The monoisotopic (exact) mass is 486 g/mol. The van der Waals surface area contributed by atoms with Crippen molar-refractivity contribution in [3.63, 3.8) is 0 Å². The van der Waals surface area contributed by atoms with Crippen molar-refractivity contribution < 1.29 is 17.6 Å². The molecule has 0 amide bonds. The summed E-state index contributed by atoms with van der Waals surface area (Å²) < 4.78 is 45.9. The minimum absolute atomic E-state index is 0.0682. The zero-order valence-electron chi connectivity index (χ0n) is 19.0. The Morgan fingerprint density at radius 2 is 2.03 bits per heavy atom. The van der Waals surface area contributed by atoms with Gasteiger partial charge in [-0.3, -0.25) is 14.8 Å². The average molecular weight is 486 g/mol. The Morgan fingerprint density at radius 3 is 2.60 bits per heavy atom. The standard InChI is InChI=1S/C22H21F3N8O2/c1-10(12-4-7-16(27-8-12)22(23,24)25)33-19-17(15(32-33)9-26-3)20(34)29-18(28-19)13-5-6-14(13)21-31-30-11(2)35-21/h4,7-10,13-14H,5-6H2,1-3H3,(H,28,29,34). The number of rotatable bonds is 5. The van der Waals surface area contributed by atoms with Gasteiger partial charge in [-0.25, -0.2) is 9.67 Å². The molecule has 182 valence electrons. The Kier molecular flexibility index (Phi) is 5.49. The van der Waals surface area contributed by atoms with Crippen molar-refractivity contribution in [3.05, 3.63) is 63.2 Å². The van der Waals surface area contributed by atoms with Gasteiger partial charge in [0, 0.05) is 38.2 Å². The number of H-pyrrole nitrogens is 1. The molecule has 3 atom stereocenters. The normalized spacial score (nSPS) is 19.4. The summed E-state index contributed by atoms with van der Waals surface area (Å²) in [7, 11) is 1.55. The highest BCUT2D eigenvalue weighted by molar-refractivity contribution is 5.95. The van der Waals surface area contributed by atoms with Gasteiger partial charge in [0.15, 0.2) is 5.65 Å². The van der Waals surface area contributed by atoms with Crippen LogP contribution in [0.2, 0.25) is 0 Å². The number of fused-ring (bicyclic) bond motifs is 1. The van der Waals surface area contributed by atoms with E-state index in [0.29, 0.717) is 34.5 Å². The van der Waals surface area contributed by atoms with E-state index in [-0.39, 0.29) is 22.8 Å². The zero-order chi connectivity index (χ0) is 24.9. The predicted octanol–water partition coefficient (Wildman–Crippen LogP) is 3.54. The summed E-state index contributed by atoms with van der Waals surface area (Å²) in [5, 5.41) is 12.7. The maximum absolute atomic E-state index is 13.1. The molecular weight excluding hydrogens is 465 g/mol. The van der Waals surface area contributed by atoms with E-state index in [1.807, 2.05) is 0 Å². The van der Waals surface area contributed by atoms with E-state index >= 15 is 0 Å². The van der Waals surface area contributed by atoms with Gasteiger partial charge in [0.05, 0.1) is 6.04 Å². The second-order valence-electron chi connectivity index (χ2n) is 8.47. The molecule has 0 aliphatic heterocycles. The summed E-state index contributed by atoms with van der Waals surface area (Å²) in [5.41, 5.74) is -0.266. The fourth-order valence-corrected chi connectivity index (χ4v) is 4.29. The minimum Gasteiger partial charge on any atom is -0.425 e. The van der Waals surface area contributed by atoms with E-state index in [2.05, 4.69) is 30.3 Å². The number of hydrogen-bond acceptors (Lipinski definition) is 8. The molecule has 1 aliphatic carbocycles. The smallest absolute Gasteiger partial charge is 0.425 e. The molecule has 0 radical (unpaired) electrons. The molecule has 4 aromatic heterocycles. The lowest BCUT2D eigenvalue weighted by atomic mass is 9.73. The van der Waals surface area contributed by atoms with Gasteiger partial charge in [-0.1, -0.05) is 6.07 Å². The second-order valence-corrected chi connectivity index (χ2v) is 8.47. The van der Waals surface area contributed by atoms with Crippen LogP contribution in [0.3, 0.4) is 0 Å². The summed E-state index contributed by atoms with van der Waals surface area (Å²) in [6.07, 6.45) is -0.348. The number of hydrogen-bond donors (Lipinski definition) is 1. The maximum atomic E-state index is 13.1. The van der Waals surface area contributed by atoms with Crippen LogP contribution in [0.1, 0.15) is 72.2 Å². The van der Waals surface area contributed by atoms with Crippen molar-refractivity contribution in [2.24, 2.45) is 4.99 Å². The van der Waals surface area contributed by atoms with Crippen LogP contribution in [0.4, 0.5) is 13.2 Å². The molecule has 13 heteroatoms. The van der Waals surface area contributed by atoms with E-state index in [1.54, 1.807) is 20.9 Å². The Balaban J connectivity index is 1.58. The SMILES string of the molecule is CN=Cc1nn(C(C)c2ccc(C(F)(F)F)nc2)c2nc(C3CCC3c3nnc(C)o3)[nH]c(=O)c12. The van der Waals surface area contributed by atoms with Gasteiger partial charge >= 0.3 is 6.18 Å². The second kappa shape index (κ2) is 8.40. The van der Waals surface area contributed by atoms with Crippen LogP contribution in [0, 0.1) is 6.92 Å². The number of aromatic nitrogens is 7. The van der Waals surface area contributed by atoms with E-state index in [1.165, 1.54) is 17.0 Å². The number of nitrogens with one attached hydrogen (secondary N) is 1. The van der Waals surface area contributed by atoms with Crippen molar-refractivity contribution in [2.45, 2.75) is 50.7 Å². The van der Waals surface area contributed by atoms with Crippen molar-refractivity contribution in [1.82, 2.24) is 34.9 Å². The quantitative estimate of drug-likeness (QED) is 0.427. The van der Waals surface area contributed by atoms with Crippen molar-refractivity contribution in [3.8, 4) is 0 Å². The maximum Gasteiger partial charge on any atom is 0.433 e.